The van der Waals surface area contributed by atoms with Gasteiger partial charge in [-0.05, 0) is 13.8 Å². The predicted molar refractivity (Wildman–Crippen MR) is 346 cm³/mol. The highest BCUT2D eigenvalue weighted by Gasteiger charge is 2.62. The summed E-state index contributed by atoms with van der Waals surface area (Å²) in [5, 5.41) is 294. The van der Waals surface area contributed by atoms with Crippen LogP contribution in [0.3, 0.4) is 0 Å². The van der Waals surface area contributed by atoms with Gasteiger partial charge in [0.15, 0.2) is 50.3 Å². The first-order valence-electron chi connectivity index (χ1n) is 36.0. The third-order valence-corrected chi connectivity index (χ3v) is 20.8. The summed E-state index contributed by atoms with van der Waals surface area (Å²) in [5.41, 5.74) is 0. The number of carbonyl (C=O) groups is 4. The quantitative estimate of drug-likeness (QED) is 0.0331. The Morgan fingerprint density at radius 1 is 0.381 bits per heavy atom. The zero-order valence-corrected chi connectivity index (χ0v) is 60.8. The number of rotatable bonds is 29. The van der Waals surface area contributed by atoms with Gasteiger partial charge in [-0.25, -0.2) is 4.79 Å². The Balaban J connectivity index is 1.02. The molecule has 0 bridgehead atoms. The number of aliphatic hydroxyl groups excluding tert-OH is 25. The molecule has 50 heteroatoms. The van der Waals surface area contributed by atoms with E-state index in [2.05, 4.69) is 16.0 Å². The van der Waals surface area contributed by atoms with Crippen molar-refractivity contribution in [3.8, 4) is 0 Å². The molecule has 9 rings (SSSR count). The molecule has 0 radical (unpaired) electrons. The van der Waals surface area contributed by atoms with Crippen LogP contribution in [0.1, 0.15) is 41.0 Å². The zero-order chi connectivity index (χ0) is 83.6. The largest absolute Gasteiger partial charge is 0.477 e. The first-order chi connectivity index (χ1) is 53.2. The molecule has 0 unspecified atom stereocenters. The topological polar surface area (TPSA) is 787 Å². The molecule has 0 aromatic carbocycles. The molecule has 0 spiro atoms. The molecule has 50 nitrogen and oxygen atoms in total. The zero-order valence-electron chi connectivity index (χ0n) is 60.8. The van der Waals surface area contributed by atoms with Gasteiger partial charge in [0, 0.05) is 27.2 Å². The molecule has 654 valence electrons. The van der Waals surface area contributed by atoms with E-state index < -0.39 is 358 Å². The average molecular weight is 1660 g/mol. The number of ether oxygens (including phenoxy) is 17. The molecule has 0 aromatic heterocycles. The number of nitrogens with one attached hydrogen (secondary N) is 3. The molecule has 9 heterocycles. The van der Waals surface area contributed by atoms with Gasteiger partial charge in [-0.3, -0.25) is 14.4 Å². The van der Waals surface area contributed by atoms with Crippen molar-refractivity contribution in [1.29, 1.82) is 0 Å². The van der Waals surface area contributed by atoms with E-state index in [0.717, 1.165) is 20.8 Å². The van der Waals surface area contributed by atoms with E-state index in [1.54, 1.807) is 0 Å². The molecule has 9 saturated heterocycles. The fourth-order valence-corrected chi connectivity index (χ4v) is 14.5. The molecular formula is C63H105N3O47. The molecule has 113 heavy (non-hydrogen) atoms. The number of carbonyl (C=O) groups excluding carboxylic acids is 3. The van der Waals surface area contributed by atoms with Crippen LogP contribution in [-0.4, -0.2) is 484 Å². The summed E-state index contributed by atoms with van der Waals surface area (Å²) in [5.74, 6) is -7.93. The molecule has 9 fully saturated rings. The van der Waals surface area contributed by atoms with Crippen LogP contribution in [0, 0.1) is 0 Å². The van der Waals surface area contributed by atoms with E-state index in [0.29, 0.717) is 0 Å². The molecule has 0 aliphatic carbocycles. The van der Waals surface area contributed by atoms with E-state index >= 15 is 0 Å². The lowest BCUT2D eigenvalue weighted by Crippen LogP contribution is -2.71. The third-order valence-electron chi connectivity index (χ3n) is 20.8. The summed E-state index contributed by atoms with van der Waals surface area (Å²) in [6.45, 7) is -2.85. The molecule has 0 aromatic rings. The monoisotopic (exact) mass is 1660 g/mol. The summed E-state index contributed by atoms with van der Waals surface area (Å²) < 4.78 is 101. The van der Waals surface area contributed by atoms with Crippen LogP contribution in [0.15, 0.2) is 0 Å². The van der Waals surface area contributed by atoms with Crippen LogP contribution in [-0.2, 0) is 99.7 Å². The fraction of sp³-hybridized carbons (Fsp3) is 0.937. The molecule has 9 aliphatic rings. The van der Waals surface area contributed by atoms with Crippen molar-refractivity contribution >= 4 is 23.7 Å². The smallest absolute Gasteiger partial charge is 0.364 e. The van der Waals surface area contributed by atoms with Crippen molar-refractivity contribution in [1.82, 2.24) is 16.0 Å². The summed E-state index contributed by atoms with van der Waals surface area (Å²) in [6.07, 6.45) is -88.9. The van der Waals surface area contributed by atoms with Gasteiger partial charge in [0.1, 0.15) is 201 Å². The second-order valence-electron chi connectivity index (χ2n) is 28.9. The standard InChI is InChI=1S/C63H105N3O47/c1-14-30(77)37(84)43(90)57(99-14)109-49-24(11-71)104-56(29(66-18(5)74)51(49)110-61-53(40(87)33(80)21(8-68)102-61)112-58-44(91)38(85)31(78)15(2)100-58)111-52-35(82)25(105-60(46(52)93)108-48-22(9-69)101-54(94)42(89)41(48)88)12-97-55-28(65-17(4)73)36(83)47(23(10-70)103-55)107-59-45(92)39(86)34(81)26(106-59)13-98-63(62(95)96)6-19(75)27(64-16(3)72)50(113-63)32(79)20(76)7-67/h14-15,19-61,67-71,75-94H,6-13H2,1-5H3,(H,64,72)(H,65,73)(H,66,74)(H,95,96)/t14-,15-,19-,20+,21+,22+,23+,24+,25+,26+,27+,28+,29+,30+,31+,32+,33-,34-,35-,36+,37+,38+,39-,40-,41+,42+,43-,44-,45+,46+,47+,48+,49+,50+,51+,52-,53+,54+,55+,56-,57-,58-,59-,60-,61-,63+/m0/s1. The highest BCUT2D eigenvalue weighted by Crippen LogP contribution is 2.41. The van der Waals surface area contributed by atoms with Crippen molar-refractivity contribution in [3.05, 3.63) is 0 Å². The minimum Gasteiger partial charge on any atom is -0.477 e. The van der Waals surface area contributed by atoms with Crippen LogP contribution in [0.2, 0.25) is 0 Å². The minimum atomic E-state index is -3.06. The number of hydrogen-bond acceptors (Lipinski definition) is 46. The molecule has 0 saturated carbocycles. The Bertz CT molecular complexity index is 3040. The Kier molecular flexibility index (Phi) is 32.6. The average Bonchev–Trinajstić information content (AvgIpc) is 0.924. The molecule has 29 N–H and O–H groups in total. The van der Waals surface area contributed by atoms with E-state index in [1.807, 2.05) is 0 Å². The Morgan fingerprint density at radius 2 is 0.788 bits per heavy atom. The highest BCUT2D eigenvalue weighted by atomic mass is 16.8. The summed E-state index contributed by atoms with van der Waals surface area (Å²) in [7, 11) is 0. The maximum Gasteiger partial charge on any atom is 0.364 e. The van der Waals surface area contributed by atoms with Gasteiger partial charge in [0.2, 0.25) is 17.7 Å². The van der Waals surface area contributed by atoms with Gasteiger partial charge in [0.05, 0.1) is 70.6 Å². The number of carboxylic acids is 1. The first-order valence-corrected chi connectivity index (χ1v) is 36.0. The number of hydrogen-bond donors (Lipinski definition) is 29. The van der Waals surface area contributed by atoms with Crippen LogP contribution in [0.5, 0.6) is 0 Å². The van der Waals surface area contributed by atoms with Gasteiger partial charge in [-0.2, -0.15) is 0 Å². The highest BCUT2D eigenvalue weighted by molar-refractivity contribution is 5.77. The van der Waals surface area contributed by atoms with Gasteiger partial charge < -0.3 is 229 Å². The van der Waals surface area contributed by atoms with Gasteiger partial charge >= 0.3 is 5.97 Å². The van der Waals surface area contributed by atoms with E-state index in [1.165, 1.54) is 13.8 Å². The SMILES string of the molecule is CC(=O)N[C@H]1[C@H](OC[C@H]2O[C@@H](O[C@H]3[C@H](O)[C@@H](O)[C@H](O)O[C@@H]3CO)[C@H](O)[C@@H](O[C@@H]3O[C@H](CO)[C@@H](O[C@@H]4O[C@@H](C)[C@@H](O)[C@@H](O)[C@@H]4O)[C@H](O[C@@H]4O[C@H](CO)[C@H](O)[C@H](O)[C@H]4O[C@@H]4O[C@@H](C)[C@@H](O)[C@@H](O)[C@@H]4O)[C@H]3NC(C)=O)[C@H]2O)O[C@H](CO)[C@@H](O[C@@H]2O[C@H](CO[C@]3(C(=O)O)C[C@H](O)[C@@H](NC(C)=O)[C@H]([C@H](O)[C@H](O)CO)O3)[C@H](O)[C@H](O)[C@H]2O)[C@@H]1O. The summed E-state index contributed by atoms with van der Waals surface area (Å²) >= 11 is 0. The van der Waals surface area contributed by atoms with Crippen LogP contribution in [0.4, 0.5) is 0 Å². The molecule has 46 atom stereocenters. The number of aliphatic carboxylic acids is 1. The van der Waals surface area contributed by atoms with Crippen molar-refractivity contribution in [2.45, 2.75) is 323 Å². The molecule has 9 aliphatic heterocycles. The van der Waals surface area contributed by atoms with Crippen molar-refractivity contribution in [2.24, 2.45) is 0 Å². The van der Waals surface area contributed by atoms with Gasteiger partial charge in [0.25, 0.3) is 5.79 Å². The molecule has 3 amide bonds. The minimum absolute atomic E-state index is 0.829. The third kappa shape index (κ3) is 20.3. The van der Waals surface area contributed by atoms with Crippen LogP contribution in [0.25, 0.3) is 0 Å². The van der Waals surface area contributed by atoms with Gasteiger partial charge in [-0.1, -0.05) is 0 Å². The van der Waals surface area contributed by atoms with Crippen molar-refractivity contribution in [3.63, 3.8) is 0 Å². The van der Waals surface area contributed by atoms with E-state index in [4.69, 9.17) is 80.5 Å². The summed E-state index contributed by atoms with van der Waals surface area (Å²) in [6, 6.07) is -5.70. The van der Waals surface area contributed by atoms with Crippen molar-refractivity contribution < 1.29 is 232 Å². The lowest BCUT2D eigenvalue weighted by atomic mass is 9.88. The normalized spacial score (nSPS) is 49.2. The number of amides is 3. The summed E-state index contributed by atoms with van der Waals surface area (Å²) in [4.78, 5) is 51.7. The predicted octanol–water partition coefficient (Wildman–Crippen LogP) is -18.9. The maximum atomic E-state index is 13.6. The second-order valence-corrected chi connectivity index (χ2v) is 28.9. The number of aliphatic hydroxyl groups is 25. The Morgan fingerprint density at radius 3 is 1.32 bits per heavy atom. The fourth-order valence-electron chi connectivity index (χ4n) is 14.5. The second kappa shape index (κ2) is 39.6. The lowest BCUT2D eigenvalue weighted by Gasteiger charge is -2.52. The van der Waals surface area contributed by atoms with Crippen LogP contribution < -0.4 is 16.0 Å². The first kappa shape index (κ1) is 93.1. The van der Waals surface area contributed by atoms with E-state index in [9.17, 15) is 152 Å². The van der Waals surface area contributed by atoms with E-state index in [-0.39, 0.29) is 0 Å². The lowest BCUT2D eigenvalue weighted by molar-refractivity contribution is -0.401. The number of carboxylic acid groups (broad SMARTS) is 1. The Labute approximate surface area is 639 Å². The van der Waals surface area contributed by atoms with Crippen LogP contribution >= 0.6 is 0 Å². The Hall–Kier alpha value is -3.80. The van der Waals surface area contributed by atoms with Gasteiger partial charge in [-0.15, -0.1) is 0 Å². The van der Waals surface area contributed by atoms with Crippen molar-refractivity contribution in [2.75, 3.05) is 46.2 Å². The maximum absolute atomic E-state index is 13.6. The molecular weight excluding hydrogens is 1550 g/mol.